The Morgan fingerprint density at radius 3 is 2.39 bits per heavy atom. The van der Waals surface area contributed by atoms with Gasteiger partial charge in [0.25, 0.3) is 0 Å². The van der Waals surface area contributed by atoms with E-state index in [0.29, 0.717) is 6.42 Å². The van der Waals surface area contributed by atoms with Gasteiger partial charge in [0.15, 0.2) is 0 Å². The van der Waals surface area contributed by atoms with Crippen molar-refractivity contribution in [2.24, 2.45) is 17.3 Å². The number of amides is 1. The minimum Gasteiger partial charge on any atom is -0.480 e. The Kier molecular flexibility index (Phi) is 4.77. The highest BCUT2D eigenvalue weighted by molar-refractivity contribution is 5.85. The SMILES string of the molecule is CC(C)C[C@H](NC(=O)C1CCCC1(C)C)C(=O)O. The standard InChI is InChI=1S/C14H25NO3/c1-9(2)8-11(13(17)18)15-12(16)10-6-5-7-14(10,3)4/h9-11H,5-8H2,1-4H3,(H,15,16)(H,17,18)/t10?,11-/m0/s1. The fraction of sp³-hybridized carbons (Fsp3) is 0.857. The van der Waals surface area contributed by atoms with Crippen molar-refractivity contribution in [2.75, 3.05) is 0 Å². The first-order chi connectivity index (χ1) is 8.24. The molecule has 104 valence electrons. The molecule has 1 aliphatic carbocycles. The quantitative estimate of drug-likeness (QED) is 0.793. The van der Waals surface area contributed by atoms with Crippen molar-refractivity contribution in [1.82, 2.24) is 5.32 Å². The Labute approximate surface area is 109 Å². The third-order valence-corrected chi connectivity index (χ3v) is 3.90. The highest BCUT2D eigenvalue weighted by Crippen LogP contribution is 2.42. The van der Waals surface area contributed by atoms with Crippen LogP contribution in [-0.2, 0) is 9.59 Å². The summed E-state index contributed by atoms with van der Waals surface area (Å²) >= 11 is 0. The van der Waals surface area contributed by atoms with Gasteiger partial charge in [-0.25, -0.2) is 4.79 Å². The number of carboxylic acid groups (broad SMARTS) is 1. The molecule has 18 heavy (non-hydrogen) atoms. The summed E-state index contributed by atoms with van der Waals surface area (Å²) in [7, 11) is 0. The van der Waals surface area contributed by atoms with Gasteiger partial charge in [0.2, 0.25) is 5.91 Å². The number of hydrogen-bond donors (Lipinski definition) is 2. The van der Waals surface area contributed by atoms with Crippen LogP contribution in [0, 0.1) is 17.3 Å². The summed E-state index contributed by atoms with van der Waals surface area (Å²) < 4.78 is 0. The van der Waals surface area contributed by atoms with Crippen LogP contribution in [0.2, 0.25) is 0 Å². The molecule has 4 nitrogen and oxygen atoms in total. The molecule has 1 amide bonds. The second-order valence-electron chi connectivity index (χ2n) is 6.46. The number of carbonyl (C=O) groups is 2. The monoisotopic (exact) mass is 255 g/mol. The van der Waals surface area contributed by atoms with Crippen molar-refractivity contribution in [1.29, 1.82) is 0 Å². The maximum atomic E-state index is 12.2. The van der Waals surface area contributed by atoms with Crippen LogP contribution in [0.3, 0.4) is 0 Å². The van der Waals surface area contributed by atoms with Crippen molar-refractivity contribution >= 4 is 11.9 Å². The van der Waals surface area contributed by atoms with Crippen molar-refractivity contribution in [3.05, 3.63) is 0 Å². The average molecular weight is 255 g/mol. The molecule has 4 heteroatoms. The highest BCUT2D eigenvalue weighted by Gasteiger charge is 2.40. The van der Waals surface area contributed by atoms with Crippen LogP contribution in [-0.4, -0.2) is 23.0 Å². The van der Waals surface area contributed by atoms with Crippen LogP contribution >= 0.6 is 0 Å². The Balaban J connectivity index is 2.64. The average Bonchev–Trinajstić information content (AvgIpc) is 2.56. The number of nitrogens with one attached hydrogen (secondary N) is 1. The zero-order valence-electron chi connectivity index (χ0n) is 11.8. The second kappa shape index (κ2) is 5.72. The number of carbonyl (C=O) groups excluding carboxylic acids is 1. The molecular formula is C14H25NO3. The van der Waals surface area contributed by atoms with E-state index < -0.39 is 12.0 Å². The molecule has 0 bridgehead atoms. The maximum Gasteiger partial charge on any atom is 0.326 e. The number of hydrogen-bond acceptors (Lipinski definition) is 2. The van der Waals surface area contributed by atoms with E-state index in [9.17, 15) is 9.59 Å². The van der Waals surface area contributed by atoms with Crippen LogP contribution in [0.1, 0.15) is 53.4 Å². The van der Waals surface area contributed by atoms with Crippen molar-refractivity contribution < 1.29 is 14.7 Å². The maximum absolute atomic E-state index is 12.2. The molecule has 0 heterocycles. The van der Waals surface area contributed by atoms with Crippen LogP contribution in [0.25, 0.3) is 0 Å². The zero-order chi connectivity index (χ0) is 13.9. The van der Waals surface area contributed by atoms with Gasteiger partial charge >= 0.3 is 5.97 Å². The minimum absolute atomic E-state index is 0.00896. The van der Waals surface area contributed by atoms with Crippen LogP contribution in [0.15, 0.2) is 0 Å². The van der Waals surface area contributed by atoms with Gasteiger partial charge in [-0.3, -0.25) is 4.79 Å². The van der Waals surface area contributed by atoms with Gasteiger partial charge in [-0.15, -0.1) is 0 Å². The molecule has 0 spiro atoms. The molecule has 0 saturated heterocycles. The zero-order valence-corrected chi connectivity index (χ0v) is 11.8. The van der Waals surface area contributed by atoms with Gasteiger partial charge < -0.3 is 10.4 Å². The van der Waals surface area contributed by atoms with Gasteiger partial charge in [0.05, 0.1) is 0 Å². The molecule has 1 fully saturated rings. The number of carboxylic acids is 1. The lowest BCUT2D eigenvalue weighted by Crippen LogP contribution is -2.46. The van der Waals surface area contributed by atoms with Gasteiger partial charge in [-0.05, 0) is 30.6 Å². The van der Waals surface area contributed by atoms with E-state index in [0.717, 1.165) is 19.3 Å². The summed E-state index contributed by atoms with van der Waals surface area (Å²) in [5, 5.41) is 11.8. The highest BCUT2D eigenvalue weighted by atomic mass is 16.4. The van der Waals surface area contributed by atoms with Crippen LogP contribution < -0.4 is 5.32 Å². The Bertz CT molecular complexity index is 323. The van der Waals surface area contributed by atoms with E-state index in [2.05, 4.69) is 19.2 Å². The first-order valence-electron chi connectivity index (χ1n) is 6.77. The molecule has 2 atom stereocenters. The van der Waals surface area contributed by atoms with Crippen molar-refractivity contribution in [3.8, 4) is 0 Å². The Morgan fingerprint density at radius 2 is 2.00 bits per heavy atom. The number of rotatable bonds is 5. The molecule has 1 aliphatic rings. The molecule has 1 unspecified atom stereocenters. The first-order valence-corrected chi connectivity index (χ1v) is 6.77. The molecule has 1 saturated carbocycles. The fourth-order valence-corrected chi connectivity index (χ4v) is 2.78. The van der Waals surface area contributed by atoms with Gasteiger partial charge in [0, 0.05) is 5.92 Å². The lowest BCUT2D eigenvalue weighted by molar-refractivity contribution is -0.143. The molecule has 0 aliphatic heterocycles. The summed E-state index contributed by atoms with van der Waals surface area (Å²) in [5.74, 6) is -0.826. The van der Waals surface area contributed by atoms with E-state index in [1.54, 1.807) is 0 Å². The normalized spacial score (nSPS) is 23.9. The van der Waals surface area contributed by atoms with E-state index in [-0.39, 0.29) is 23.2 Å². The largest absolute Gasteiger partial charge is 0.480 e. The van der Waals surface area contributed by atoms with E-state index in [1.807, 2.05) is 13.8 Å². The Hall–Kier alpha value is -1.06. The topological polar surface area (TPSA) is 66.4 Å². The van der Waals surface area contributed by atoms with E-state index >= 15 is 0 Å². The predicted octanol–water partition coefficient (Wildman–Crippen LogP) is 2.43. The van der Waals surface area contributed by atoms with Gasteiger partial charge in [-0.2, -0.15) is 0 Å². The van der Waals surface area contributed by atoms with Crippen molar-refractivity contribution in [2.45, 2.75) is 59.4 Å². The third kappa shape index (κ3) is 3.72. The molecule has 0 aromatic heterocycles. The molecule has 0 aromatic carbocycles. The summed E-state index contributed by atoms with van der Waals surface area (Å²) in [6.07, 6.45) is 3.43. The molecule has 0 aromatic rings. The summed E-state index contributed by atoms with van der Waals surface area (Å²) in [5.41, 5.74) is -0.00896. The third-order valence-electron chi connectivity index (χ3n) is 3.90. The molecule has 1 rings (SSSR count). The Morgan fingerprint density at radius 1 is 1.39 bits per heavy atom. The molecular weight excluding hydrogens is 230 g/mol. The lowest BCUT2D eigenvalue weighted by atomic mass is 9.81. The molecule has 0 radical (unpaired) electrons. The van der Waals surface area contributed by atoms with E-state index in [1.165, 1.54) is 0 Å². The smallest absolute Gasteiger partial charge is 0.326 e. The predicted molar refractivity (Wildman–Crippen MR) is 70.1 cm³/mol. The van der Waals surface area contributed by atoms with Crippen LogP contribution in [0.5, 0.6) is 0 Å². The minimum atomic E-state index is -0.937. The summed E-state index contributed by atoms with van der Waals surface area (Å²) in [4.78, 5) is 23.3. The van der Waals surface area contributed by atoms with Crippen molar-refractivity contribution in [3.63, 3.8) is 0 Å². The summed E-state index contributed by atoms with van der Waals surface area (Å²) in [6.45, 7) is 8.09. The molecule has 2 N–H and O–H groups in total. The fourth-order valence-electron chi connectivity index (χ4n) is 2.78. The van der Waals surface area contributed by atoms with Gasteiger partial charge in [0.1, 0.15) is 6.04 Å². The van der Waals surface area contributed by atoms with Crippen LogP contribution in [0.4, 0.5) is 0 Å². The number of aliphatic carboxylic acids is 1. The van der Waals surface area contributed by atoms with E-state index in [4.69, 9.17) is 5.11 Å². The summed E-state index contributed by atoms with van der Waals surface area (Å²) in [6, 6.07) is -0.756. The second-order valence-corrected chi connectivity index (χ2v) is 6.46. The first kappa shape index (κ1) is 15.0. The lowest BCUT2D eigenvalue weighted by Gasteiger charge is -2.27. The van der Waals surface area contributed by atoms with Gasteiger partial charge in [-0.1, -0.05) is 34.1 Å².